The minimum absolute atomic E-state index is 0.00949. The lowest BCUT2D eigenvalue weighted by Gasteiger charge is -2.38. The Kier molecular flexibility index (Phi) is 6.93. The van der Waals surface area contributed by atoms with Gasteiger partial charge in [-0.2, -0.15) is 0 Å². The molecule has 3 N–H and O–H groups in total. The number of amides is 1. The number of nitrogens with zero attached hydrogens (tertiary/aromatic N) is 4. The Hall–Kier alpha value is -2.56. The molecule has 1 fully saturated rings. The third-order valence-electron chi connectivity index (χ3n) is 5.39. The molecule has 0 unspecified atom stereocenters. The molecular formula is C21H30N6O3S. The average Bonchev–Trinajstić information content (AvgIpc) is 2.72. The van der Waals surface area contributed by atoms with E-state index in [4.69, 9.17) is 10.1 Å². The monoisotopic (exact) mass is 446 g/mol. The van der Waals surface area contributed by atoms with Gasteiger partial charge in [0.2, 0.25) is 15.9 Å². The summed E-state index contributed by atoms with van der Waals surface area (Å²) in [6, 6.07) is 7.51. The molecule has 10 heteroatoms. The molecule has 0 aliphatic carbocycles. The molecule has 9 nitrogen and oxygen atoms in total. The molecule has 1 aromatic heterocycles. The predicted molar refractivity (Wildman–Crippen MR) is 121 cm³/mol. The molecule has 1 aliphatic heterocycles. The highest BCUT2D eigenvalue weighted by atomic mass is 32.2. The zero-order valence-electron chi connectivity index (χ0n) is 18.4. The molecule has 1 amide bonds. The van der Waals surface area contributed by atoms with Crippen LogP contribution >= 0.6 is 0 Å². The van der Waals surface area contributed by atoms with E-state index in [2.05, 4.69) is 33.9 Å². The van der Waals surface area contributed by atoms with Crippen LogP contribution < -0.4 is 15.4 Å². The largest absolute Gasteiger partial charge is 0.354 e. The number of hydrogen-bond donors (Lipinski definition) is 2. The summed E-state index contributed by atoms with van der Waals surface area (Å²) in [6.07, 6.45) is 0. The van der Waals surface area contributed by atoms with Gasteiger partial charge in [-0.1, -0.05) is 13.8 Å². The van der Waals surface area contributed by atoms with Crippen molar-refractivity contribution in [3.8, 4) is 0 Å². The van der Waals surface area contributed by atoms with E-state index in [0.717, 1.165) is 43.5 Å². The normalized spacial score (nSPS) is 16.4. The highest BCUT2D eigenvalue weighted by Gasteiger charge is 2.26. The number of rotatable bonds is 6. The van der Waals surface area contributed by atoms with E-state index in [1.807, 2.05) is 19.9 Å². The quantitative estimate of drug-likeness (QED) is 0.693. The number of sulfonamides is 1. The molecule has 2 heterocycles. The lowest BCUT2D eigenvalue weighted by molar-refractivity contribution is -0.120. The van der Waals surface area contributed by atoms with Crippen LogP contribution in [0.25, 0.3) is 0 Å². The number of aromatic nitrogens is 2. The van der Waals surface area contributed by atoms with Crippen LogP contribution in [0.1, 0.15) is 38.2 Å². The molecule has 1 saturated heterocycles. The minimum Gasteiger partial charge on any atom is -0.354 e. The van der Waals surface area contributed by atoms with Gasteiger partial charge in [-0.05, 0) is 38.1 Å². The summed E-state index contributed by atoms with van der Waals surface area (Å²) < 4.78 is 22.7. The van der Waals surface area contributed by atoms with Gasteiger partial charge < -0.3 is 10.2 Å². The summed E-state index contributed by atoms with van der Waals surface area (Å²) in [6.45, 7) is 11.0. The maximum atomic E-state index is 12.7. The molecule has 0 spiro atoms. The van der Waals surface area contributed by atoms with Gasteiger partial charge in [0, 0.05) is 49.5 Å². The van der Waals surface area contributed by atoms with Gasteiger partial charge in [-0.3, -0.25) is 9.69 Å². The van der Waals surface area contributed by atoms with Gasteiger partial charge in [0.15, 0.2) is 0 Å². The second kappa shape index (κ2) is 9.29. The van der Waals surface area contributed by atoms with Gasteiger partial charge in [0.25, 0.3) is 0 Å². The highest BCUT2D eigenvalue weighted by Crippen LogP contribution is 2.20. The molecule has 0 radical (unpaired) electrons. The molecule has 1 atom stereocenters. The van der Waals surface area contributed by atoms with E-state index < -0.39 is 10.0 Å². The number of aryl methyl sites for hydroxylation is 1. The number of benzene rings is 1. The molecule has 31 heavy (non-hydrogen) atoms. The van der Waals surface area contributed by atoms with Gasteiger partial charge in [0.1, 0.15) is 11.6 Å². The number of nitrogens with two attached hydrogens (primary N) is 1. The Morgan fingerprint density at radius 3 is 2.23 bits per heavy atom. The van der Waals surface area contributed by atoms with Crippen molar-refractivity contribution < 1.29 is 13.2 Å². The first kappa shape index (κ1) is 23.1. The summed E-state index contributed by atoms with van der Waals surface area (Å²) in [4.78, 5) is 26.3. The molecule has 1 aliphatic rings. The molecular weight excluding hydrogens is 416 g/mol. The van der Waals surface area contributed by atoms with E-state index in [0.29, 0.717) is 5.69 Å². The number of nitrogens with one attached hydrogen (secondary N) is 1. The van der Waals surface area contributed by atoms with Crippen molar-refractivity contribution >= 4 is 27.4 Å². The summed E-state index contributed by atoms with van der Waals surface area (Å²) in [5, 5.41) is 7.94. The Bertz CT molecular complexity index is 1030. The predicted octanol–water partition coefficient (Wildman–Crippen LogP) is 1.71. The van der Waals surface area contributed by atoms with Crippen molar-refractivity contribution in [2.45, 2.75) is 44.6 Å². The highest BCUT2D eigenvalue weighted by molar-refractivity contribution is 7.89. The first-order valence-electron chi connectivity index (χ1n) is 10.3. The third-order valence-corrected chi connectivity index (χ3v) is 6.32. The molecule has 3 rings (SSSR count). The van der Waals surface area contributed by atoms with Crippen molar-refractivity contribution in [1.29, 1.82) is 0 Å². The molecule has 0 bridgehead atoms. The standard InChI is InChI=1S/C21H30N6O3S/c1-14(2)20-23-15(3)13-19(25-20)27-11-9-26(10-12-27)16(4)21(28)24-17-5-7-18(8-6-17)31(22,29)30/h5-8,13-14,16H,9-12H2,1-4H3,(H,24,28)(H2,22,29,30)/t16-/m0/s1. The maximum Gasteiger partial charge on any atom is 0.241 e. The smallest absolute Gasteiger partial charge is 0.241 e. The summed E-state index contributed by atoms with van der Waals surface area (Å²) in [7, 11) is -3.75. The number of anilines is 2. The number of hydrogen-bond acceptors (Lipinski definition) is 7. The Morgan fingerprint density at radius 2 is 1.68 bits per heavy atom. The third kappa shape index (κ3) is 5.78. The fraction of sp³-hybridized carbons (Fsp3) is 0.476. The maximum absolute atomic E-state index is 12.7. The van der Waals surface area contributed by atoms with Crippen LogP contribution in [0.4, 0.5) is 11.5 Å². The van der Waals surface area contributed by atoms with Crippen LogP contribution in [0.3, 0.4) is 0 Å². The van der Waals surface area contributed by atoms with Gasteiger partial charge in [-0.25, -0.2) is 23.5 Å². The van der Waals surface area contributed by atoms with Crippen molar-refractivity contribution in [2.75, 3.05) is 36.4 Å². The van der Waals surface area contributed by atoms with Crippen molar-refractivity contribution in [1.82, 2.24) is 14.9 Å². The van der Waals surface area contributed by atoms with Gasteiger partial charge in [-0.15, -0.1) is 0 Å². The van der Waals surface area contributed by atoms with E-state index in [1.165, 1.54) is 24.3 Å². The summed E-state index contributed by atoms with van der Waals surface area (Å²) in [5.41, 5.74) is 1.48. The van der Waals surface area contributed by atoms with Gasteiger partial charge in [0.05, 0.1) is 10.9 Å². The lowest BCUT2D eigenvalue weighted by Crippen LogP contribution is -2.53. The van der Waals surface area contributed by atoms with Crippen molar-refractivity contribution in [3.63, 3.8) is 0 Å². The number of piperazine rings is 1. The fourth-order valence-electron chi connectivity index (χ4n) is 3.47. The topological polar surface area (TPSA) is 122 Å². The van der Waals surface area contributed by atoms with E-state index >= 15 is 0 Å². The fourth-order valence-corrected chi connectivity index (χ4v) is 3.99. The molecule has 0 saturated carbocycles. The van der Waals surface area contributed by atoms with E-state index in [9.17, 15) is 13.2 Å². The van der Waals surface area contributed by atoms with Crippen molar-refractivity contribution in [3.05, 3.63) is 41.9 Å². The molecule has 2 aromatic rings. The minimum atomic E-state index is -3.75. The zero-order chi connectivity index (χ0) is 22.8. The van der Waals surface area contributed by atoms with Crippen LogP contribution in [0.2, 0.25) is 0 Å². The number of carbonyl (C=O) groups excluding carboxylic acids is 1. The lowest BCUT2D eigenvalue weighted by atomic mass is 10.2. The van der Waals surface area contributed by atoms with Crippen LogP contribution in [-0.2, 0) is 14.8 Å². The van der Waals surface area contributed by atoms with Gasteiger partial charge >= 0.3 is 0 Å². The Morgan fingerprint density at radius 1 is 1.06 bits per heavy atom. The first-order valence-corrected chi connectivity index (χ1v) is 11.9. The van der Waals surface area contributed by atoms with Crippen LogP contribution in [-0.4, -0.2) is 61.4 Å². The summed E-state index contributed by atoms with van der Waals surface area (Å²) >= 11 is 0. The number of carbonyl (C=O) groups is 1. The van der Waals surface area contributed by atoms with Crippen molar-refractivity contribution in [2.24, 2.45) is 5.14 Å². The van der Waals surface area contributed by atoms with Crippen LogP contribution in [0.5, 0.6) is 0 Å². The Balaban J connectivity index is 1.58. The van der Waals surface area contributed by atoms with E-state index in [-0.39, 0.29) is 22.8 Å². The second-order valence-corrected chi connectivity index (χ2v) is 9.70. The van der Waals surface area contributed by atoms with Crippen LogP contribution in [0, 0.1) is 6.92 Å². The Labute approximate surface area is 183 Å². The SMILES string of the molecule is Cc1cc(N2CCN([C@@H](C)C(=O)Nc3ccc(S(N)(=O)=O)cc3)CC2)nc(C(C)C)n1. The number of primary sulfonamides is 1. The first-order chi connectivity index (χ1) is 14.5. The van der Waals surface area contributed by atoms with Crippen LogP contribution in [0.15, 0.2) is 35.2 Å². The second-order valence-electron chi connectivity index (χ2n) is 8.14. The molecule has 168 valence electrons. The molecule has 1 aromatic carbocycles. The average molecular weight is 447 g/mol. The zero-order valence-corrected chi connectivity index (χ0v) is 19.2. The van der Waals surface area contributed by atoms with E-state index in [1.54, 1.807) is 0 Å². The summed E-state index contributed by atoms with van der Waals surface area (Å²) in [5.74, 6) is 1.90.